The van der Waals surface area contributed by atoms with Crippen LogP contribution in [-0.2, 0) is 0 Å². The summed E-state index contributed by atoms with van der Waals surface area (Å²) in [5.74, 6) is -1.14. The zero-order chi connectivity index (χ0) is 15.6. The first kappa shape index (κ1) is 14.6. The molecular formula is C16H15NO4. The number of hydrogen-bond donors (Lipinski definition) is 2. The molecule has 0 aliphatic heterocycles. The van der Waals surface area contributed by atoms with Crippen LogP contribution in [0, 0.1) is 6.92 Å². The van der Waals surface area contributed by atoms with E-state index in [1.54, 1.807) is 26.1 Å². The number of carbonyl (C=O) groups is 2. The summed E-state index contributed by atoms with van der Waals surface area (Å²) in [6, 6.07) is 10.5. The van der Waals surface area contributed by atoms with E-state index in [0.717, 1.165) is 5.56 Å². The van der Waals surface area contributed by atoms with Gasteiger partial charge in [0.1, 0.15) is 5.75 Å². The van der Waals surface area contributed by atoms with E-state index in [0.29, 0.717) is 11.3 Å². The van der Waals surface area contributed by atoms with E-state index in [-0.39, 0.29) is 17.2 Å². The number of benzene rings is 2. The molecule has 5 heteroatoms. The molecule has 0 atom stereocenters. The summed E-state index contributed by atoms with van der Waals surface area (Å²) in [5.41, 5.74) is 1.98. The van der Waals surface area contributed by atoms with E-state index in [4.69, 9.17) is 5.11 Å². The molecule has 0 saturated carbocycles. The molecule has 2 aromatic rings. The molecule has 0 fully saturated rings. The average Bonchev–Trinajstić information content (AvgIpc) is 2.46. The van der Waals surface area contributed by atoms with E-state index in [1.165, 1.54) is 35.2 Å². The van der Waals surface area contributed by atoms with Crippen molar-refractivity contribution >= 4 is 17.6 Å². The second-order valence-corrected chi connectivity index (χ2v) is 4.72. The number of aromatic hydroxyl groups is 1. The molecule has 0 radical (unpaired) electrons. The summed E-state index contributed by atoms with van der Waals surface area (Å²) in [5, 5.41) is 18.2. The summed E-state index contributed by atoms with van der Waals surface area (Å²) in [6.07, 6.45) is 0. The second-order valence-electron chi connectivity index (χ2n) is 4.72. The van der Waals surface area contributed by atoms with Crippen molar-refractivity contribution in [3.05, 3.63) is 59.2 Å². The number of phenols is 1. The Morgan fingerprint density at radius 2 is 1.57 bits per heavy atom. The highest BCUT2D eigenvalue weighted by molar-refractivity contribution is 6.06. The van der Waals surface area contributed by atoms with Gasteiger partial charge in [-0.15, -0.1) is 0 Å². The van der Waals surface area contributed by atoms with Crippen LogP contribution >= 0.6 is 0 Å². The SMILES string of the molecule is Cc1cc(O)ccc1N(C)C(=O)c1ccc(C(=O)O)cc1. The monoisotopic (exact) mass is 285 g/mol. The van der Waals surface area contributed by atoms with Gasteiger partial charge < -0.3 is 15.1 Å². The van der Waals surface area contributed by atoms with Gasteiger partial charge in [0.15, 0.2) is 0 Å². The van der Waals surface area contributed by atoms with Gasteiger partial charge in [-0.3, -0.25) is 4.79 Å². The number of nitrogens with zero attached hydrogens (tertiary/aromatic N) is 1. The number of aromatic carboxylic acids is 1. The number of carbonyl (C=O) groups excluding carboxylic acids is 1. The van der Waals surface area contributed by atoms with Crippen LogP contribution in [0.25, 0.3) is 0 Å². The van der Waals surface area contributed by atoms with Gasteiger partial charge in [0.25, 0.3) is 5.91 Å². The molecule has 1 amide bonds. The quantitative estimate of drug-likeness (QED) is 0.908. The minimum atomic E-state index is -1.03. The van der Waals surface area contributed by atoms with Gasteiger partial charge in [-0.2, -0.15) is 0 Å². The highest BCUT2D eigenvalue weighted by Gasteiger charge is 2.16. The van der Waals surface area contributed by atoms with Gasteiger partial charge in [0.05, 0.1) is 5.56 Å². The predicted octanol–water partition coefficient (Wildman–Crippen LogP) is 2.68. The third-order valence-corrected chi connectivity index (χ3v) is 3.23. The van der Waals surface area contributed by atoms with Crippen LogP contribution in [0.2, 0.25) is 0 Å². The smallest absolute Gasteiger partial charge is 0.335 e. The molecule has 2 aromatic carbocycles. The number of hydrogen-bond acceptors (Lipinski definition) is 3. The number of carboxylic acid groups (broad SMARTS) is 1. The van der Waals surface area contributed by atoms with Gasteiger partial charge in [-0.05, 0) is 55.0 Å². The maximum atomic E-state index is 12.4. The number of amides is 1. The van der Waals surface area contributed by atoms with Crippen molar-refractivity contribution < 1.29 is 19.8 Å². The van der Waals surface area contributed by atoms with E-state index in [1.807, 2.05) is 0 Å². The first-order valence-electron chi connectivity index (χ1n) is 6.31. The summed E-state index contributed by atoms with van der Waals surface area (Å²) in [7, 11) is 1.63. The molecule has 21 heavy (non-hydrogen) atoms. The van der Waals surface area contributed by atoms with E-state index >= 15 is 0 Å². The molecule has 0 bridgehead atoms. The van der Waals surface area contributed by atoms with Crippen molar-refractivity contribution in [3.8, 4) is 5.75 Å². The number of carboxylic acids is 1. The second kappa shape index (κ2) is 5.66. The van der Waals surface area contributed by atoms with Gasteiger partial charge >= 0.3 is 5.97 Å². The third kappa shape index (κ3) is 3.02. The molecule has 5 nitrogen and oxygen atoms in total. The Labute approximate surface area is 122 Å². The number of anilines is 1. The molecule has 2 rings (SSSR count). The summed E-state index contributed by atoms with van der Waals surface area (Å²) in [4.78, 5) is 24.6. The molecule has 0 spiro atoms. The van der Waals surface area contributed by atoms with Crippen molar-refractivity contribution in [2.24, 2.45) is 0 Å². The highest BCUT2D eigenvalue weighted by atomic mass is 16.4. The summed E-state index contributed by atoms with van der Waals surface area (Å²) in [6.45, 7) is 1.80. The molecule has 108 valence electrons. The lowest BCUT2D eigenvalue weighted by Gasteiger charge is -2.19. The van der Waals surface area contributed by atoms with Crippen LogP contribution in [0.4, 0.5) is 5.69 Å². The largest absolute Gasteiger partial charge is 0.508 e. The average molecular weight is 285 g/mol. The van der Waals surface area contributed by atoms with Crippen LogP contribution < -0.4 is 4.90 Å². The highest BCUT2D eigenvalue weighted by Crippen LogP contribution is 2.24. The first-order valence-corrected chi connectivity index (χ1v) is 6.31. The lowest BCUT2D eigenvalue weighted by Crippen LogP contribution is -2.26. The van der Waals surface area contributed by atoms with Crippen molar-refractivity contribution in [1.29, 1.82) is 0 Å². The third-order valence-electron chi connectivity index (χ3n) is 3.23. The number of rotatable bonds is 3. The van der Waals surface area contributed by atoms with E-state index in [9.17, 15) is 14.7 Å². The summed E-state index contributed by atoms with van der Waals surface area (Å²) >= 11 is 0. The number of phenolic OH excluding ortho intramolecular Hbond substituents is 1. The Morgan fingerprint density at radius 1 is 1.00 bits per heavy atom. The van der Waals surface area contributed by atoms with Crippen LogP contribution in [0.3, 0.4) is 0 Å². The van der Waals surface area contributed by atoms with Crippen molar-refractivity contribution in [3.63, 3.8) is 0 Å². The Bertz CT molecular complexity index is 692. The van der Waals surface area contributed by atoms with Crippen molar-refractivity contribution in [2.75, 3.05) is 11.9 Å². The van der Waals surface area contributed by atoms with Gasteiger partial charge in [0.2, 0.25) is 0 Å². The standard InChI is InChI=1S/C16H15NO4/c1-10-9-13(18)7-8-14(10)17(2)15(19)11-3-5-12(6-4-11)16(20)21/h3-9,18H,1-2H3,(H,20,21). The zero-order valence-corrected chi connectivity index (χ0v) is 11.7. The van der Waals surface area contributed by atoms with Gasteiger partial charge in [-0.25, -0.2) is 4.79 Å². The molecule has 0 aliphatic carbocycles. The normalized spacial score (nSPS) is 10.2. The molecule has 0 aromatic heterocycles. The van der Waals surface area contributed by atoms with Gasteiger partial charge in [0, 0.05) is 18.3 Å². The molecule has 0 heterocycles. The fourth-order valence-corrected chi connectivity index (χ4v) is 2.07. The first-order chi connectivity index (χ1) is 9.90. The Kier molecular flexibility index (Phi) is 3.93. The Balaban J connectivity index is 2.28. The minimum Gasteiger partial charge on any atom is -0.508 e. The Hall–Kier alpha value is -2.82. The molecule has 0 saturated heterocycles. The number of aryl methyl sites for hydroxylation is 1. The predicted molar refractivity (Wildman–Crippen MR) is 79.0 cm³/mol. The van der Waals surface area contributed by atoms with E-state index < -0.39 is 5.97 Å². The van der Waals surface area contributed by atoms with Crippen LogP contribution in [-0.4, -0.2) is 29.1 Å². The fraction of sp³-hybridized carbons (Fsp3) is 0.125. The van der Waals surface area contributed by atoms with Gasteiger partial charge in [-0.1, -0.05) is 0 Å². The Morgan fingerprint density at radius 3 is 2.10 bits per heavy atom. The fourth-order valence-electron chi connectivity index (χ4n) is 2.07. The molecular weight excluding hydrogens is 270 g/mol. The lowest BCUT2D eigenvalue weighted by atomic mass is 10.1. The van der Waals surface area contributed by atoms with Crippen molar-refractivity contribution in [1.82, 2.24) is 0 Å². The zero-order valence-electron chi connectivity index (χ0n) is 11.7. The summed E-state index contributed by atoms with van der Waals surface area (Å²) < 4.78 is 0. The molecule has 2 N–H and O–H groups in total. The van der Waals surface area contributed by atoms with E-state index in [2.05, 4.69) is 0 Å². The lowest BCUT2D eigenvalue weighted by molar-refractivity contribution is 0.0696. The van der Waals surface area contributed by atoms with Crippen molar-refractivity contribution in [2.45, 2.75) is 6.92 Å². The van der Waals surface area contributed by atoms with Crippen LogP contribution in [0.1, 0.15) is 26.3 Å². The molecule has 0 unspecified atom stereocenters. The van der Waals surface area contributed by atoms with Crippen LogP contribution in [0.15, 0.2) is 42.5 Å². The van der Waals surface area contributed by atoms with Crippen LogP contribution in [0.5, 0.6) is 5.75 Å². The topological polar surface area (TPSA) is 77.8 Å². The maximum Gasteiger partial charge on any atom is 0.335 e. The minimum absolute atomic E-state index is 0.134. The maximum absolute atomic E-state index is 12.4. The molecule has 0 aliphatic rings.